The normalized spacial score (nSPS) is 9.50. The average Bonchev–Trinajstić information content (AvgIpc) is 2.64. The topological polar surface area (TPSA) is 87.0 Å². The number of benzene rings is 1. The summed E-state index contributed by atoms with van der Waals surface area (Å²) >= 11 is 0. The predicted molar refractivity (Wildman–Crippen MR) is 61.9 cm³/mol. The van der Waals surface area contributed by atoms with E-state index in [9.17, 15) is 10.1 Å². The van der Waals surface area contributed by atoms with E-state index in [4.69, 9.17) is 5.73 Å². The number of nitrogens with two attached hydrogens (primary N) is 1. The highest BCUT2D eigenvalue weighted by Gasteiger charge is 2.08. The maximum atomic E-state index is 10.6. The number of anilines is 1. The maximum Gasteiger partial charge on any atom is 0.271 e. The lowest BCUT2D eigenvalue weighted by atomic mass is 10.3. The number of nitrogens with zero attached hydrogens (tertiary/aromatic N) is 3. The Labute approximate surface area is 97.2 Å². The Morgan fingerprint density at radius 3 is 2.69 bits per heavy atom. The molecule has 7 heteroatoms. The van der Waals surface area contributed by atoms with Gasteiger partial charge in [-0.2, -0.15) is 5.10 Å². The van der Waals surface area contributed by atoms with Crippen LogP contribution in [0.4, 0.5) is 11.5 Å². The summed E-state index contributed by atoms with van der Waals surface area (Å²) in [7, 11) is 0. The van der Waals surface area contributed by atoms with E-state index in [0.29, 0.717) is 11.5 Å². The van der Waals surface area contributed by atoms with Crippen molar-refractivity contribution in [3.05, 3.63) is 46.6 Å². The monoisotopic (exact) mass is 240 g/mol. The average molecular weight is 241 g/mol. The first kappa shape index (κ1) is 12.0. The number of nitrogen functional groups attached to an aromatic ring is 1. The summed E-state index contributed by atoms with van der Waals surface area (Å²) < 4.78 is 1.44. The minimum absolute atomic E-state index is 0. The molecule has 0 aliphatic rings. The summed E-state index contributed by atoms with van der Waals surface area (Å²) in [5, 5.41) is 14.5. The summed E-state index contributed by atoms with van der Waals surface area (Å²) in [6.45, 7) is 0. The van der Waals surface area contributed by atoms with Gasteiger partial charge in [0.2, 0.25) is 0 Å². The second-order valence-electron chi connectivity index (χ2n) is 2.94. The number of non-ortho nitro benzene ring substituents is 1. The number of halogens is 1. The van der Waals surface area contributed by atoms with Crippen molar-refractivity contribution in [2.24, 2.45) is 0 Å². The highest BCUT2D eigenvalue weighted by molar-refractivity contribution is 5.85. The van der Waals surface area contributed by atoms with Crippen LogP contribution in [-0.2, 0) is 0 Å². The Bertz CT molecular complexity index is 512. The maximum absolute atomic E-state index is 10.6. The molecule has 0 spiro atoms. The second-order valence-corrected chi connectivity index (χ2v) is 2.94. The van der Waals surface area contributed by atoms with Crippen molar-refractivity contribution in [1.82, 2.24) is 9.78 Å². The molecule has 0 aliphatic carbocycles. The largest absolute Gasteiger partial charge is 0.384 e. The van der Waals surface area contributed by atoms with Crippen molar-refractivity contribution in [3.8, 4) is 5.69 Å². The van der Waals surface area contributed by atoms with Crippen LogP contribution in [0.1, 0.15) is 0 Å². The third-order valence-electron chi connectivity index (χ3n) is 1.96. The number of hydrogen-bond acceptors (Lipinski definition) is 4. The number of nitro groups is 1. The smallest absolute Gasteiger partial charge is 0.271 e. The molecule has 16 heavy (non-hydrogen) atoms. The van der Waals surface area contributed by atoms with Crippen LogP contribution in [0.15, 0.2) is 36.5 Å². The van der Waals surface area contributed by atoms with E-state index in [2.05, 4.69) is 5.10 Å². The Hall–Kier alpha value is -2.08. The minimum atomic E-state index is -0.455. The van der Waals surface area contributed by atoms with Crippen LogP contribution < -0.4 is 5.73 Å². The first-order valence-electron chi connectivity index (χ1n) is 4.23. The van der Waals surface area contributed by atoms with Gasteiger partial charge in [-0.25, -0.2) is 4.68 Å². The molecule has 0 unspecified atom stereocenters. The van der Waals surface area contributed by atoms with Crippen molar-refractivity contribution in [2.45, 2.75) is 0 Å². The van der Waals surface area contributed by atoms with E-state index >= 15 is 0 Å². The third-order valence-corrected chi connectivity index (χ3v) is 1.96. The highest BCUT2D eigenvalue weighted by atomic mass is 35.5. The lowest BCUT2D eigenvalue weighted by molar-refractivity contribution is -0.384. The Balaban J connectivity index is 0.00000128. The van der Waals surface area contributed by atoms with Gasteiger partial charge in [-0.15, -0.1) is 12.4 Å². The van der Waals surface area contributed by atoms with Gasteiger partial charge in [0.15, 0.2) is 0 Å². The van der Waals surface area contributed by atoms with Crippen molar-refractivity contribution >= 4 is 23.9 Å². The lowest BCUT2D eigenvalue weighted by Crippen LogP contribution is -2.01. The number of aromatic nitrogens is 2. The van der Waals surface area contributed by atoms with E-state index in [1.807, 2.05) is 0 Å². The van der Waals surface area contributed by atoms with Gasteiger partial charge < -0.3 is 5.73 Å². The van der Waals surface area contributed by atoms with Crippen LogP contribution >= 0.6 is 12.4 Å². The van der Waals surface area contributed by atoms with Crippen LogP contribution in [0.5, 0.6) is 0 Å². The molecule has 0 saturated carbocycles. The molecule has 0 atom stereocenters. The summed E-state index contributed by atoms with van der Waals surface area (Å²) in [5.74, 6) is 0.440. The SMILES string of the molecule is Cl.Nc1ccnn1-c1cccc([N+](=O)[O-])c1. The van der Waals surface area contributed by atoms with Gasteiger partial charge in [0.1, 0.15) is 5.82 Å². The number of rotatable bonds is 2. The zero-order valence-electron chi connectivity index (χ0n) is 8.11. The fraction of sp³-hybridized carbons (Fsp3) is 0. The molecular formula is C9H9ClN4O2. The quantitative estimate of drug-likeness (QED) is 0.640. The van der Waals surface area contributed by atoms with Crippen LogP contribution in [0.2, 0.25) is 0 Å². The molecule has 2 aromatic rings. The molecule has 84 valence electrons. The molecule has 1 aromatic heterocycles. The zero-order valence-corrected chi connectivity index (χ0v) is 8.92. The Morgan fingerprint density at radius 2 is 2.12 bits per heavy atom. The molecule has 1 aromatic carbocycles. The Morgan fingerprint density at radius 1 is 1.38 bits per heavy atom. The standard InChI is InChI=1S/C9H8N4O2.ClH/c10-9-4-5-11-12(9)7-2-1-3-8(6-7)13(14)15;/h1-6H,10H2;1H. The van der Waals surface area contributed by atoms with E-state index in [1.165, 1.54) is 23.0 Å². The molecular weight excluding hydrogens is 232 g/mol. The van der Waals surface area contributed by atoms with Crippen LogP contribution in [0.25, 0.3) is 5.69 Å². The van der Waals surface area contributed by atoms with Gasteiger partial charge in [0.05, 0.1) is 16.8 Å². The molecule has 1 heterocycles. The van der Waals surface area contributed by atoms with Gasteiger partial charge in [-0.3, -0.25) is 10.1 Å². The van der Waals surface area contributed by atoms with Crippen LogP contribution in [0, 0.1) is 10.1 Å². The van der Waals surface area contributed by atoms with Gasteiger partial charge in [-0.05, 0) is 6.07 Å². The molecule has 0 fully saturated rings. The molecule has 0 radical (unpaired) electrons. The Kier molecular flexibility index (Phi) is 3.47. The van der Waals surface area contributed by atoms with E-state index in [-0.39, 0.29) is 18.1 Å². The van der Waals surface area contributed by atoms with E-state index in [0.717, 1.165) is 0 Å². The number of nitro benzene ring substituents is 1. The van der Waals surface area contributed by atoms with Crippen molar-refractivity contribution in [3.63, 3.8) is 0 Å². The van der Waals surface area contributed by atoms with Crippen molar-refractivity contribution in [2.75, 3.05) is 5.73 Å². The lowest BCUT2D eigenvalue weighted by Gasteiger charge is -2.02. The van der Waals surface area contributed by atoms with Gasteiger partial charge >= 0.3 is 0 Å². The van der Waals surface area contributed by atoms with Crippen LogP contribution in [0.3, 0.4) is 0 Å². The fourth-order valence-electron chi connectivity index (χ4n) is 1.27. The fourth-order valence-corrected chi connectivity index (χ4v) is 1.27. The van der Waals surface area contributed by atoms with Crippen LogP contribution in [-0.4, -0.2) is 14.7 Å². The van der Waals surface area contributed by atoms with Crippen molar-refractivity contribution in [1.29, 1.82) is 0 Å². The first-order chi connectivity index (χ1) is 7.18. The molecule has 2 N–H and O–H groups in total. The summed E-state index contributed by atoms with van der Waals surface area (Å²) in [4.78, 5) is 10.1. The molecule has 0 amide bonds. The number of hydrogen-bond donors (Lipinski definition) is 1. The van der Waals surface area contributed by atoms with Crippen molar-refractivity contribution < 1.29 is 4.92 Å². The van der Waals surface area contributed by atoms with E-state index < -0.39 is 4.92 Å². The first-order valence-corrected chi connectivity index (χ1v) is 4.23. The summed E-state index contributed by atoms with van der Waals surface area (Å²) in [5.41, 5.74) is 6.22. The predicted octanol–water partition coefficient (Wildman–Crippen LogP) is 1.78. The summed E-state index contributed by atoms with van der Waals surface area (Å²) in [6.07, 6.45) is 1.54. The van der Waals surface area contributed by atoms with E-state index in [1.54, 1.807) is 18.2 Å². The highest BCUT2D eigenvalue weighted by Crippen LogP contribution is 2.17. The molecule has 2 rings (SSSR count). The molecule has 6 nitrogen and oxygen atoms in total. The van der Waals surface area contributed by atoms with Gasteiger partial charge in [0.25, 0.3) is 5.69 Å². The molecule has 0 aliphatic heterocycles. The molecule has 0 saturated heterocycles. The van der Waals surface area contributed by atoms with Gasteiger partial charge in [-0.1, -0.05) is 6.07 Å². The van der Waals surface area contributed by atoms with Gasteiger partial charge in [0, 0.05) is 18.2 Å². The molecule has 0 bridgehead atoms. The summed E-state index contributed by atoms with van der Waals surface area (Å²) in [6, 6.07) is 7.76. The minimum Gasteiger partial charge on any atom is -0.384 e. The second kappa shape index (κ2) is 4.63. The zero-order chi connectivity index (χ0) is 10.8. The third kappa shape index (κ3) is 2.12.